The molecule has 80 valence electrons. The highest BCUT2D eigenvalue weighted by Gasteiger charge is 1.86. The Kier molecular flexibility index (Phi) is 3.24. The lowest BCUT2D eigenvalue weighted by molar-refractivity contribution is 0.475. The van der Waals surface area contributed by atoms with Crippen molar-refractivity contribution in [2.75, 3.05) is 0 Å². The second kappa shape index (κ2) is 5.03. The molecular weight excluding hydrogens is 198 g/mol. The standard InChI is InChI=1S/C8H7N.C6H6O/c1-2-4-8-7(3-1)5-6-9-8;7-6-4-2-1-3-5-6/h1-6,9H;1-5,7H. The maximum atomic E-state index is 8.63. The topological polar surface area (TPSA) is 36.0 Å². The van der Waals surface area contributed by atoms with E-state index in [2.05, 4.69) is 23.2 Å². The number of aromatic amines is 1. The molecular formula is C14H13NO. The first kappa shape index (κ1) is 10.3. The predicted octanol–water partition coefficient (Wildman–Crippen LogP) is 3.56. The Balaban J connectivity index is 0.000000125. The molecule has 1 aromatic heterocycles. The smallest absolute Gasteiger partial charge is 0.115 e. The average molecular weight is 211 g/mol. The zero-order chi connectivity index (χ0) is 11.2. The molecule has 0 saturated carbocycles. The molecule has 0 saturated heterocycles. The molecule has 0 aliphatic rings. The molecule has 0 atom stereocenters. The summed E-state index contributed by atoms with van der Waals surface area (Å²) >= 11 is 0. The Labute approximate surface area is 94.2 Å². The number of hydrogen-bond donors (Lipinski definition) is 2. The fourth-order valence-corrected chi connectivity index (χ4v) is 1.42. The highest BCUT2D eigenvalue weighted by Crippen LogP contribution is 2.09. The summed E-state index contributed by atoms with van der Waals surface area (Å²) in [7, 11) is 0. The Morgan fingerprint density at radius 3 is 2.06 bits per heavy atom. The van der Waals surface area contributed by atoms with Crippen LogP contribution in [0.15, 0.2) is 66.9 Å². The monoisotopic (exact) mass is 211 g/mol. The lowest BCUT2D eigenvalue weighted by Gasteiger charge is -1.83. The Morgan fingerprint density at radius 2 is 1.44 bits per heavy atom. The normalized spacial score (nSPS) is 9.50. The number of aromatic nitrogens is 1. The van der Waals surface area contributed by atoms with Crippen molar-refractivity contribution in [2.24, 2.45) is 0 Å². The Hall–Kier alpha value is -2.22. The Bertz CT molecular complexity index is 512. The molecule has 2 nitrogen and oxygen atoms in total. The number of hydrogen-bond acceptors (Lipinski definition) is 1. The second-order valence-corrected chi connectivity index (χ2v) is 3.40. The van der Waals surface area contributed by atoms with Crippen LogP contribution in [0.25, 0.3) is 10.9 Å². The van der Waals surface area contributed by atoms with Crippen molar-refractivity contribution in [1.29, 1.82) is 0 Å². The zero-order valence-electron chi connectivity index (χ0n) is 8.80. The maximum Gasteiger partial charge on any atom is 0.115 e. The second-order valence-electron chi connectivity index (χ2n) is 3.40. The molecule has 0 spiro atoms. The van der Waals surface area contributed by atoms with Crippen LogP contribution in [0.3, 0.4) is 0 Å². The van der Waals surface area contributed by atoms with E-state index in [9.17, 15) is 0 Å². The van der Waals surface area contributed by atoms with Gasteiger partial charge in [-0.25, -0.2) is 0 Å². The van der Waals surface area contributed by atoms with Crippen molar-refractivity contribution in [1.82, 2.24) is 4.98 Å². The van der Waals surface area contributed by atoms with Gasteiger partial charge in [0.05, 0.1) is 0 Å². The molecule has 16 heavy (non-hydrogen) atoms. The number of phenolic OH excluding ortho intramolecular Hbond substituents is 1. The van der Waals surface area contributed by atoms with Gasteiger partial charge < -0.3 is 10.1 Å². The van der Waals surface area contributed by atoms with Crippen LogP contribution in [-0.4, -0.2) is 10.1 Å². The van der Waals surface area contributed by atoms with Crippen LogP contribution < -0.4 is 0 Å². The number of para-hydroxylation sites is 2. The Morgan fingerprint density at radius 1 is 0.750 bits per heavy atom. The minimum Gasteiger partial charge on any atom is -0.508 e. The van der Waals surface area contributed by atoms with Gasteiger partial charge in [0.25, 0.3) is 0 Å². The largest absolute Gasteiger partial charge is 0.508 e. The molecule has 2 heteroatoms. The van der Waals surface area contributed by atoms with Crippen LogP contribution in [0.4, 0.5) is 0 Å². The molecule has 0 radical (unpaired) electrons. The van der Waals surface area contributed by atoms with Crippen LogP contribution >= 0.6 is 0 Å². The van der Waals surface area contributed by atoms with Crippen molar-refractivity contribution in [2.45, 2.75) is 0 Å². The van der Waals surface area contributed by atoms with Crippen molar-refractivity contribution in [3.8, 4) is 5.75 Å². The van der Waals surface area contributed by atoms with Gasteiger partial charge in [-0.1, -0.05) is 36.4 Å². The number of benzene rings is 2. The molecule has 2 N–H and O–H groups in total. The number of rotatable bonds is 0. The van der Waals surface area contributed by atoms with E-state index < -0.39 is 0 Å². The van der Waals surface area contributed by atoms with Gasteiger partial charge in [-0.2, -0.15) is 0 Å². The molecule has 0 unspecified atom stereocenters. The van der Waals surface area contributed by atoms with Gasteiger partial charge in [0, 0.05) is 11.7 Å². The van der Waals surface area contributed by atoms with Gasteiger partial charge in [0.1, 0.15) is 5.75 Å². The van der Waals surface area contributed by atoms with Crippen molar-refractivity contribution in [3.63, 3.8) is 0 Å². The first-order valence-electron chi connectivity index (χ1n) is 5.12. The summed E-state index contributed by atoms with van der Waals surface area (Å²) in [6.45, 7) is 0. The molecule has 0 amide bonds. The van der Waals surface area contributed by atoms with E-state index in [1.54, 1.807) is 24.3 Å². The highest BCUT2D eigenvalue weighted by atomic mass is 16.3. The molecule has 2 aromatic carbocycles. The van der Waals surface area contributed by atoms with Crippen LogP contribution in [0, 0.1) is 0 Å². The molecule has 0 fully saturated rings. The summed E-state index contributed by atoms with van der Waals surface area (Å²) in [5, 5.41) is 9.91. The summed E-state index contributed by atoms with van der Waals surface area (Å²) in [5.74, 6) is 0.322. The zero-order valence-corrected chi connectivity index (χ0v) is 8.80. The molecule has 0 aliphatic carbocycles. The third-order valence-electron chi connectivity index (χ3n) is 2.22. The van der Waals surface area contributed by atoms with Gasteiger partial charge in [-0.15, -0.1) is 0 Å². The predicted molar refractivity (Wildman–Crippen MR) is 66.4 cm³/mol. The van der Waals surface area contributed by atoms with Crippen molar-refractivity contribution < 1.29 is 5.11 Å². The molecule has 3 aromatic rings. The molecule has 1 heterocycles. The lowest BCUT2D eigenvalue weighted by atomic mass is 10.3. The van der Waals surface area contributed by atoms with E-state index in [0.717, 1.165) is 0 Å². The van der Waals surface area contributed by atoms with Crippen molar-refractivity contribution in [3.05, 3.63) is 66.9 Å². The van der Waals surface area contributed by atoms with Crippen LogP contribution in [-0.2, 0) is 0 Å². The van der Waals surface area contributed by atoms with Gasteiger partial charge >= 0.3 is 0 Å². The van der Waals surface area contributed by atoms with Crippen LogP contribution in [0.5, 0.6) is 5.75 Å². The number of phenols is 1. The summed E-state index contributed by atoms with van der Waals surface area (Å²) < 4.78 is 0. The summed E-state index contributed by atoms with van der Waals surface area (Å²) in [6, 6.07) is 19.0. The fraction of sp³-hybridized carbons (Fsp3) is 0. The number of H-pyrrole nitrogens is 1. The summed E-state index contributed by atoms with van der Waals surface area (Å²) in [5.41, 5.74) is 1.21. The van der Waals surface area contributed by atoms with Gasteiger partial charge in [0.2, 0.25) is 0 Å². The van der Waals surface area contributed by atoms with Crippen LogP contribution in [0.1, 0.15) is 0 Å². The van der Waals surface area contributed by atoms with E-state index in [4.69, 9.17) is 5.11 Å². The minimum atomic E-state index is 0.322. The van der Waals surface area contributed by atoms with E-state index >= 15 is 0 Å². The highest BCUT2D eigenvalue weighted by molar-refractivity contribution is 5.78. The molecule has 3 rings (SSSR count). The van der Waals surface area contributed by atoms with E-state index in [1.807, 2.05) is 24.4 Å². The minimum absolute atomic E-state index is 0.322. The first-order valence-corrected chi connectivity index (χ1v) is 5.12. The van der Waals surface area contributed by atoms with E-state index in [-0.39, 0.29) is 0 Å². The van der Waals surface area contributed by atoms with Crippen LogP contribution in [0.2, 0.25) is 0 Å². The van der Waals surface area contributed by atoms with Gasteiger partial charge in [-0.3, -0.25) is 0 Å². The third-order valence-corrected chi connectivity index (χ3v) is 2.22. The molecule has 0 aliphatic heterocycles. The average Bonchev–Trinajstić information content (AvgIpc) is 2.79. The quantitative estimate of drug-likeness (QED) is 0.586. The van der Waals surface area contributed by atoms with E-state index in [0.29, 0.717) is 5.75 Å². The first-order chi connectivity index (χ1) is 7.86. The number of fused-ring (bicyclic) bond motifs is 1. The maximum absolute atomic E-state index is 8.63. The SMILES string of the molecule is Oc1ccccc1.c1ccc2[nH]ccc2c1. The molecule has 0 bridgehead atoms. The van der Waals surface area contributed by atoms with Gasteiger partial charge in [-0.05, 0) is 29.7 Å². The van der Waals surface area contributed by atoms with Crippen molar-refractivity contribution >= 4 is 10.9 Å². The number of aromatic hydroxyl groups is 1. The fourth-order valence-electron chi connectivity index (χ4n) is 1.42. The summed E-state index contributed by atoms with van der Waals surface area (Å²) in [4.78, 5) is 3.12. The van der Waals surface area contributed by atoms with Gasteiger partial charge in [0.15, 0.2) is 0 Å². The third kappa shape index (κ3) is 2.64. The lowest BCUT2D eigenvalue weighted by Crippen LogP contribution is -1.61. The van der Waals surface area contributed by atoms with E-state index in [1.165, 1.54) is 10.9 Å². The summed E-state index contributed by atoms with van der Waals surface area (Å²) in [6.07, 6.45) is 1.95. The number of nitrogens with one attached hydrogen (secondary N) is 1.